The number of hydrogen-bond donors (Lipinski definition) is 0. The van der Waals surface area contributed by atoms with E-state index in [-0.39, 0.29) is 0 Å². The molecule has 6 aromatic rings. The van der Waals surface area contributed by atoms with E-state index < -0.39 is 15.8 Å². The highest BCUT2D eigenvalue weighted by atomic mass is 31.1. The molecule has 0 aliphatic heterocycles. The fraction of sp³-hybridized carbons (Fsp3) is 0.143. The van der Waals surface area contributed by atoms with Crippen molar-refractivity contribution in [2.75, 3.05) is 14.2 Å². The first-order valence-corrected chi connectivity index (χ1v) is 18.3. The fourth-order valence-electron chi connectivity index (χ4n) is 5.88. The van der Waals surface area contributed by atoms with Crippen LogP contribution in [-0.4, -0.2) is 14.2 Å². The maximum absolute atomic E-state index is 6.24. The standard InChI is InChI=1S/C42H40O2P2/c1-29-13-21-33(22-14-29)45(34-23-15-30(2)16-24-34)39-11-7-9-37(43-5)41(39)42-38(44-6)10-8-12-40(42)46(35-25-17-31(3)18-26-35)36-27-19-32(4)20-28-36/h7-28H,1-6H3. The lowest BCUT2D eigenvalue weighted by atomic mass is 10.0. The molecule has 0 aliphatic carbocycles. The number of ether oxygens (including phenoxy) is 2. The molecule has 0 fully saturated rings. The summed E-state index contributed by atoms with van der Waals surface area (Å²) in [6.07, 6.45) is 0. The molecule has 6 aromatic carbocycles. The Morgan fingerprint density at radius 3 is 0.848 bits per heavy atom. The first-order valence-electron chi connectivity index (χ1n) is 15.6. The summed E-state index contributed by atoms with van der Waals surface area (Å²) in [4.78, 5) is 0. The first kappa shape index (κ1) is 31.7. The zero-order valence-corrected chi connectivity index (χ0v) is 29.2. The summed E-state index contributed by atoms with van der Waals surface area (Å²) in [5, 5.41) is 7.69. The highest BCUT2D eigenvalue weighted by Gasteiger charge is 2.29. The summed E-state index contributed by atoms with van der Waals surface area (Å²) in [7, 11) is 1.69. The van der Waals surface area contributed by atoms with E-state index >= 15 is 0 Å². The second kappa shape index (κ2) is 14.0. The summed E-state index contributed by atoms with van der Waals surface area (Å²) in [6.45, 7) is 8.59. The molecule has 6 rings (SSSR count). The molecular weight excluding hydrogens is 598 g/mol. The number of methoxy groups -OCH3 is 2. The molecule has 230 valence electrons. The molecular formula is C42H40O2P2. The van der Waals surface area contributed by atoms with Crippen LogP contribution in [0, 0.1) is 27.7 Å². The Morgan fingerprint density at radius 2 is 0.609 bits per heavy atom. The van der Waals surface area contributed by atoms with Crippen LogP contribution >= 0.6 is 15.8 Å². The van der Waals surface area contributed by atoms with Crippen LogP contribution in [0.5, 0.6) is 11.5 Å². The summed E-state index contributed by atoms with van der Waals surface area (Å²) < 4.78 is 12.5. The van der Waals surface area contributed by atoms with Gasteiger partial charge in [-0.3, -0.25) is 0 Å². The van der Waals surface area contributed by atoms with Crippen molar-refractivity contribution in [3.05, 3.63) is 156 Å². The van der Waals surface area contributed by atoms with E-state index in [4.69, 9.17) is 9.47 Å². The Kier molecular flexibility index (Phi) is 9.70. The molecule has 0 unspecified atom stereocenters. The van der Waals surface area contributed by atoms with Gasteiger partial charge >= 0.3 is 0 Å². The van der Waals surface area contributed by atoms with Gasteiger partial charge in [-0.05, 0) is 87.5 Å². The van der Waals surface area contributed by atoms with E-state index in [1.165, 1.54) is 54.1 Å². The fourth-order valence-corrected chi connectivity index (χ4v) is 10.7. The summed E-state index contributed by atoms with van der Waals surface area (Å²) in [5.74, 6) is 1.69. The van der Waals surface area contributed by atoms with E-state index in [9.17, 15) is 0 Å². The van der Waals surface area contributed by atoms with Gasteiger partial charge in [0.05, 0.1) is 14.2 Å². The molecule has 2 nitrogen and oxygen atoms in total. The molecule has 0 heterocycles. The van der Waals surface area contributed by atoms with Gasteiger partial charge in [0.2, 0.25) is 0 Å². The lowest BCUT2D eigenvalue weighted by Gasteiger charge is -2.28. The Balaban J connectivity index is 1.68. The number of hydrogen-bond acceptors (Lipinski definition) is 2. The van der Waals surface area contributed by atoms with E-state index in [1.807, 2.05) is 0 Å². The third kappa shape index (κ3) is 6.52. The molecule has 0 spiro atoms. The van der Waals surface area contributed by atoms with Gasteiger partial charge in [0.15, 0.2) is 0 Å². The highest BCUT2D eigenvalue weighted by Crippen LogP contribution is 2.47. The van der Waals surface area contributed by atoms with Crippen LogP contribution in [0.15, 0.2) is 133 Å². The third-order valence-electron chi connectivity index (χ3n) is 8.35. The summed E-state index contributed by atoms with van der Waals surface area (Å²) in [5.41, 5.74) is 7.20. The van der Waals surface area contributed by atoms with Crippen molar-refractivity contribution >= 4 is 47.7 Å². The molecule has 4 heteroatoms. The van der Waals surface area contributed by atoms with E-state index in [0.717, 1.165) is 22.6 Å². The van der Waals surface area contributed by atoms with E-state index in [1.54, 1.807) is 14.2 Å². The van der Waals surface area contributed by atoms with Crippen molar-refractivity contribution in [1.29, 1.82) is 0 Å². The highest BCUT2D eigenvalue weighted by molar-refractivity contribution is 7.80. The van der Waals surface area contributed by atoms with Gasteiger partial charge in [0.1, 0.15) is 11.5 Å². The van der Waals surface area contributed by atoms with Crippen molar-refractivity contribution in [1.82, 2.24) is 0 Å². The van der Waals surface area contributed by atoms with Gasteiger partial charge in [-0.1, -0.05) is 144 Å². The van der Waals surface area contributed by atoms with Gasteiger partial charge in [0, 0.05) is 11.1 Å². The van der Waals surface area contributed by atoms with Crippen LogP contribution in [0.2, 0.25) is 0 Å². The molecule has 0 saturated carbocycles. The van der Waals surface area contributed by atoms with Gasteiger partial charge in [0.25, 0.3) is 0 Å². The number of rotatable bonds is 9. The second-order valence-electron chi connectivity index (χ2n) is 11.7. The van der Waals surface area contributed by atoms with Crippen LogP contribution in [0.25, 0.3) is 11.1 Å². The maximum atomic E-state index is 6.24. The van der Waals surface area contributed by atoms with E-state index in [0.29, 0.717) is 0 Å². The molecule has 0 bridgehead atoms. The molecule has 0 saturated heterocycles. The second-order valence-corrected chi connectivity index (χ2v) is 16.1. The largest absolute Gasteiger partial charge is 0.496 e. The van der Waals surface area contributed by atoms with Crippen LogP contribution in [0.3, 0.4) is 0 Å². The van der Waals surface area contributed by atoms with Crippen molar-refractivity contribution in [2.45, 2.75) is 27.7 Å². The first-order chi connectivity index (χ1) is 22.4. The third-order valence-corrected chi connectivity index (χ3v) is 13.3. The Bertz CT molecular complexity index is 1690. The normalized spacial score (nSPS) is 11.2. The van der Waals surface area contributed by atoms with Crippen molar-refractivity contribution in [2.24, 2.45) is 0 Å². The maximum Gasteiger partial charge on any atom is 0.127 e. The van der Waals surface area contributed by atoms with Gasteiger partial charge in [-0.15, -0.1) is 0 Å². The predicted octanol–water partition coefficient (Wildman–Crippen LogP) is 8.12. The smallest absolute Gasteiger partial charge is 0.127 e. The van der Waals surface area contributed by atoms with Crippen LogP contribution < -0.4 is 41.3 Å². The number of aryl methyl sites for hydroxylation is 4. The molecule has 0 aromatic heterocycles. The van der Waals surface area contributed by atoms with Gasteiger partial charge in [-0.2, -0.15) is 0 Å². The van der Waals surface area contributed by atoms with E-state index in [2.05, 4.69) is 161 Å². The monoisotopic (exact) mass is 638 g/mol. The SMILES string of the molecule is COc1cccc(P(c2ccc(C)cc2)c2ccc(C)cc2)c1-c1c(OC)cccc1P(c1ccc(C)cc1)c1ccc(C)cc1. The minimum absolute atomic E-state index is 0.845. The minimum atomic E-state index is -0.932. The predicted molar refractivity (Wildman–Crippen MR) is 201 cm³/mol. The average molecular weight is 639 g/mol. The van der Waals surface area contributed by atoms with Crippen LogP contribution in [0.4, 0.5) is 0 Å². The minimum Gasteiger partial charge on any atom is -0.496 e. The lowest BCUT2D eigenvalue weighted by Crippen LogP contribution is -2.26. The molecule has 0 aliphatic rings. The average Bonchev–Trinajstić information content (AvgIpc) is 3.08. The van der Waals surface area contributed by atoms with Gasteiger partial charge < -0.3 is 9.47 Å². The molecule has 0 radical (unpaired) electrons. The lowest BCUT2D eigenvalue weighted by molar-refractivity contribution is 0.411. The van der Waals surface area contributed by atoms with Crippen molar-refractivity contribution < 1.29 is 9.47 Å². The Hall–Kier alpha value is -4.22. The van der Waals surface area contributed by atoms with Crippen LogP contribution in [-0.2, 0) is 0 Å². The topological polar surface area (TPSA) is 18.5 Å². The number of benzene rings is 6. The molecule has 0 N–H and O–H groups in total. The Morgan fingerprint density at radius 1 is 0.348 bits per heavy atom. The molecule has 0 amide bonds. The Labute approximate surface area is 276 Å². The summed E-state index contributed by atoms with van der Waals surface area (Å²) >= 11 is 0. The van der Waals surface area contributed by atoms with Crippen molar-refractivity contribution in [3.8, 4) is 22.6 Å². The zero-order valence-electron chi connectivity index (χ0n) is 27.4. The molecule has 0 atom stereocenters. The van der Waals surface area contributed by atoms with Gasteiger partial charge in [-0.25, -0.2) is 0 Å². The van der Waals surface area contributed by atoms with Crippen molar-refractivity contribution in [3.63, 3.8) is 0 Å². The quantitative estimate of drug-likeness (QED) is 0.149. The summed E-state index contributed by atoms with van der Waals surface area (Å²) in [6, 6.07) is 49.1. The van der Waals surface area contributed by atoms with Crippen LogP contribution in [0.1, 0.15) is 22.3 Å². The zero-order chi connectivity index (χ0) is 32.2. The molecule has 46 heavy (non-hydrogen) atoms.